The predicted octanol–water partition coefficient (Wildman–Crippen LogP) is 3.06. The summed E-state index contributed by atoms with van der Waals surface area (Å²) < 4.78 is 5.24. The lowest BCUT2D eigenvalue weighted by molar-refractivity contribution is -0.133. The van der Waals surface area contributed by atoms with Crippen LogP contribution in [0.1, 0.15) is 25.0 Å². The minimum absolute atomic E-state index is 0.0340. The molecule has 0 fully saturated rings. The summed E-state index contributed by atoms with van der Waals surface area (Å²) in [6.45, 7) is 4.16. The van der Waals surface area contributed by atoms with Crippen LogP contribution in [-0.4, -0.2) is 43.0 Å². The summed E-state index contributed by atoms with van der Waals surface area (Å²) in [4.78, 5) is 28.5. The molecule has 1 aliphatic heterocycles. The van der Waals surface area contributed by atoms with E-state index in [1.165, 1.54) is 12.5 Å². The lowest BCUT2D eigenvalue weighted by atomic mass is 10.1. The molecule has 1 heterocycles. The zero-order valence-electron chi connectivity index (χ0n) is 16.1. The Balaban J connectivity index is 1.67. The quantitative estimate of drug-likeness (QED) is 0.789. The molecule has 1 aliphatic rings. The molecular formula is C22H26N2O3. The molecule has 0 aliphatic carbocycles. The Kier molecular flexibility index (Phi) is 5.79. The number of rotatable bonds is 6. The fourth-order valence-electron chi connectivity index (χ4n) is 3.62. The van der Waals surface area contributed by atoms with Crippen LogP contribution in [0.25, 0.3) is 0 Å². The van der Waals surface area contributed by atoms with Crippen molar-refractivity contribution in [3.8, 4) is 5.75 Å². The molecule has 3 rings (SSSR count). The average Bonchev–Trinajstić information content (AvgIpc) is 3.00. The Morgan fingerprint density at radius 3 is 2.70 bits per heavy atom. The third-order valence-electron chi connectivity index (χ3n) is 5.05. The molecule has 0 bridgehead atoms. The number of fused-ring (bicyclic) bond motifs is 1. The largest absolute Gasteiger partial charge is 0.497 e. The van der Waals surface area contributed by atoms with Gasteiger partial charge >= 0.3 is 0 Å². The van der Waals surface area contributed by atoms with Crippen LogP contribution < -0.4 is 9.64 Å². The molecular weight excluding hydrogens is 340 g/mol. The zero-order chi connectivity index (χ0) is 19.4. The molecule has 0 spiro atoms. The van der Waals surface area contributed by atoms with E-state index in [-0.39, 0.29) is 24.4 Å². The summed E-state index contributed by atoms with van der Waals surface area (Å²) >= 11 is 0. The van der Waals surface area contributed by atoms with Crippen molar-refractivity contribution in [3.63, 3.8) is 0 Å². The molecule has 1 unspecified atom stereocenters. The minimum Gasteiger partial charge on any atom is -0.497 e. The van der Waals surface area contributed by atoms with E-state index in [1.54, 1.807) is 12.0 Å². The van der Waals surface area contributed by atoms with E-state index in [1.807, 2.05) is 54.3 Å². The number of hydrogen-bond donors (Lipinski definition) is 0. The Morgan fingerprint density at radius 2 is 1.96 bits per heavy atom. The fourth-order valence-corrected chi connectivity index (χ4v) is 3.62. The Morgan fingerprint density at radius 1 is 1.19 bits per heavy atom. The highest BCUT2D eigenvalue weighted by Crippen LogP contribution is 2.31. The van der Waals surface area contributed by atoms with Gasteiger partial charge in [0.15, 0.2) is 0 Å². The molecule has 1 atom stereocenters. The fraction of sp³-hybridized carbons (Fsp3) is 0.364. The third kappa shape index (κ3) is 4.30. The molecule has 0 saturated carbocycles. The van der Waals surface area contributed by atoms with Gasteiger partial charge in [-0.2, -0.15) is 0 Å². The van der Waals surface area contributed by atoms with E-state index in [0.29, 0.717) is 13.0 Å². The number of amides is 2. The first-order chi connectivity index (χ1) is 13.0. The van der Waals surface area contributed by atoms with Gasteiger partial charge < -0.3 is 14.5 Å². The highest BCUT2D eigenvalue weighted by molar-refractivity contribution is 5.98. The van der Waals surface area contributed by atoms with E-state index in [2.05, 4.69) is 6.07 Å². The molecule has 27 heavy (non-hydrogen) atoms. The second-order valence-corrected chi connectivity index (χ2v) is 6.99. The molecule has 2 amide bonds. The van der Waals surface area contributed by atoms with Gasteiger partial charge in [0.1, 0.15) is 12.3 Å². The summed E-state index contributed by atoms with van der Waals surface area (Å²) in [7, 11) is 1.63. The number of methoxy groups -OCH3 is 1. The first-order valence-electron chi connectivity index (χ1n) is 9.28. The topological polar surface area (TPSA) is 49.9 Å². The van der Waals surface area contributed by atoms with Gasteiger partial charge in [-0.25, -0.2) is 0 Å². The van der Waals surface area contributed by atoms with Crippen molar-refractivity contribution in [2.75, 3.05) is 25.1 Å². The van der Waals surface area contributed by atoms with E-state index in [0.717, 1.165) is 23.4 Å². The van der Waals surface area contributed by atoms with Gasteiger partial charge in [-0.3, -0.25) is 9.59 Å². The predicted molar refractivity (Wildman–Crippen MR) is 106 cm³/mol. The number of ether oxygens (including phenoxy) is 1. The van der Waals surface area contributed by atoms with E-state index >= 15 is 0 Å². The van der Waals surface area contributed by atoms with Gasteiger partial charge in [0.05, 0.1) is 7.11 Å². The second kappa shape index (κ2) is 8.25. The second-order valence-electron chi connectivity index (χ2n) is 6.99. The van der Waals surface area contributed by atoms with Crippen LogP contribution in [0.5, 0.6) is 5.75 Å². The van der Waals surface area contributed by atoms with E-state index in [9.17, 15) is 9.59 Å². The summed E-state index contributed by atoms with van der Waals surface area (Å²) in [6.07, 6.45) is 1.53. The summed E-state index contributed by atoms with van der Waals surface area (Å²) in [6, 6.07) is 15.9. The standard InChI is InChI=1S/C22H26N2O3/c1-16-13-19-8-4-5-10-21(19)24(16)22(26)15-23(17(2)25)12-11-18-7-6-9-20(14-18)27-3/h4-10,14,16H,11-13,15H2,1-3H3. The molecule has 2 aromatic carbocycles. The zero-order valence-corrected chi connectivity index (χ0v) is 16.1. The lowest BCUT2D eigenvalue weighted by Gasteiger charge is -2.27. The van der Waals surface area contributed by atoms with Gasteiger partial charge in [-0.1, -0.05) is 30.3 Å². The van der Waals surface area contributed by atoms with Crippen LogP contribution in [-0.2, 0) is 22.4 Å². The highest BCUT2D eigenvalue weighted by Gasteiger charge is 2.31. The van der Waals surface area contributed by atoms with E-state index in [4.69, 9.17) is 4.74 Å². The van der Waals surface area contributed by atoms with Gasteiger partial charge in [0, 0.05) is 25.2 Å². The van der Waals surface area contributed by atoms with Crippen LogP contribution in [0.15, 0.2) is 48.5 Å². The molecule has 142 valence electrons. The third-order valence-corrected chi connectivity index (χ3v) is 5.05. The number of hydrogen-bond acceptors (Lipinski definition) is 3. The van der Waals surface area contributed by atoms with Crippen LogP contribution >= 0.6 is 0 Å². The lowest BCUT2D eigenvalue weighted by Crippen LogP contribution is -2.45. The minimum atomic E-state index is -0.0913. The van der Waals surface area contributed by atoms with Gasteiger partial charge in [-0.05, 0) is 49.1 Å². The van der Waals surface area contributed by atoms with Crippen molar-refractivity contribution in [1.29, 1.82) is 0 Å². The smallest absolute Gasteiger partial charge is 0.246 e. The number of anilines is 1. The summed E-state index contributed by atoms with van der Waals surface area (Å²) in [5, 5.41) is 0. The maximum atomic E-state index is 13.0. The molecule has 2 aromatic rings. The molecule has 0 N–H and O–H groups in total. The first-order valence-corrected chi connectivity index (χ1v) is 9.28. The van der Waals surface area contributed by atoms with Crippen molar-refractivity contribution in [2.24, 2.45) is 0 Å². The number of para-hydroxylation sites is 1. The maximum absolute atomic E-state index is 13.0. The number of carbonyl (C=O) groups excluding carboxylic acids is 2. The molecule has 5 nitrogen and oxygen atoms in total. The SMILES string of the molecule is COc1cccc(CCN(CC(=O)N2c3ccccc3CC2C)C(C)=O)c1. The molecule has 0 aromatic heterocycles. The molecule has 0 radical (unpaired) electrons. The Bertz CT molecular complexity index is 834. The molecule has 0 saturated heterocycles. The first kappa shape index (κ1) is 19.0. The van der Waals surface area contributed by atoms with Gasteiger partial charge in [0.25, 0.3) is 0 Å². The van der Waals surface area contributed by atoms with Crippen LogP contribution in [0.4, 0.5) is 5.69 Å². The van der Waals surface area contributed by atoms with Crippen LogP contribution in [0.2, 0.25) is 0 Å². The molecule has 5 heteroatoms. The number of carbonyl (C=O) groups is 2. The highest BCUT2D eigenvalue weighted by atomic mass is 16.5. The Labute approximate surface area is 160 Å². The van der Waals surface area contributed by atoms with Crippen molar-refractivity contribution >= 4 is 17.5 Å². The maximum Gasteiger partial charge on any atom is 0.246 e. The van der Waals surface area contributed by atoms with E-state index < -0.39 is 0 Å². The Hall–Kier alpha value is -2.82. The van der Waals surface area contributed by atoms with Crippen molar-refractivity contribution in [1.82, 2.24) is 4.90 Å². The normalized spacial score (nSPS) is 15.4. The van der Waals surface area contributed by atoms with Gasteiger partial charge in [0.2, 0.25) is 11.8 Å². The van der Waals surface area contributed by atoms with Crippen LogP contribution in [0.3, 0.4) is 0 Å². The number of benzene rings is 2. The summed E-state index contributed by atoms with van der Waals surface area (Å²) in [5.74, 6) is 0.667. The van der Waals surface area contributed by atoms with Crippen molar-refractivity contribution in [3.05, 3.63) is 59.7 Å². The van der Waals surface area contributed by atoms with Crippen molar-refractivity contribution < 1.29 is 14.3 Å². The number of nitrogens with zero attached hydrogens (tertiary/aromatic N) is 2. The average molecular weight is 366 g/mol. The van der Waals surface area contributed by atoms with Crippen LogP contribution in [0, 0.1) is 0 Å². The summed E-state index contributed by atoms with van der Waals surface area (Å²) in [5.41, 5.74) is 3.23. The monoisotopic (exact) mass is 366 g/mol. The van der Waals surface area contributed by atoms with Crippen molar-refractivity contribution in [2.45, 2.75) is 32.7 Å². The van der Waals surface area contributed by atoms with Gasteiger partial charge in [-0.15, -0.1) is 0 Å².